The van der Waals surface area contributed by atoms with Crippen LogP contribution in [0, 0.1) is 6.92 Å². The Balaban J connectivity index is 1.65. The lowest BCUT2D eigenvalue weighted by Crippen LogP contribution is -2.38. The maximum absolute atomic E-state index is 13.4. The Labute approximate surface area is 196 Å². The summed E-state index contributed by atoms with van der Waals surface area (Å²) in [6.07, 6.45) is -0.188. The molecule has 0 radical (unpaired) electrons. The van der Waals surface area contributed by atoms with Gasteiger partial charge in [0.05, 0.1) is 10.6 Å². The van der Waals surface area contributed by atoms with Crippen LogP contribution in [0.4, 0.5) is 11.4 Å². The molecule has 1 unspecified atom stereocenters. The fourth-order valence-electron chi connectivity index (χ4n) is 3.20. The Morgan fingerprint density at radius 3 is 2.21 bits per heavy atom. The number of amides is 2. The summed E-state index contributed by atoms with van der Waals surface area (Å²) in [6, 6.07) is 23.9. The monoisotopic (exact) mass is 479 g/mol. The van der Waals surface area contributed by atoms with Crippen LogP contribution >= 0.6 is 11.8 Å². The highest BCUT2D eigenvalue weighted by atomic mass is 32.2. The Bertz CT molecular complexity index is 1290. The van der Waals surface area contributed by atoms with E-state index >= 15 is 0 Å². The third kappa shape index (κ3) is 5.15. The molecule has 0 bridgehead atoms. The maximum atomic E-state index is 13.4. The molecule has 1 saturated heterocycles. The lowest BCUT2D eigenvalue weighted by atomic mass is 10.2. The van der Waals surface area contributed by atoms with Crippen molar-refractivity contribution < 1.29 is 18.0 Å². The molecule has 2 amide bonds. The molecule has 0 spiro atoms. The number of hydrogen-bond donors (Lipinski definition) is 1. The zero-order valence-corrected chi connectivity index (χ0v) is 19.3. The summed E-state index contributed by atoms with van der Waals surface area (Å²) in [5.74, 6) is -1.08. The topological polar surface area (TPSA) is 95.9 Å². The van der Waals surface area contributed by atoms with E-state index in [9.17, 15) is 18.0 Å². The van der Waals surface area contributed by atoms with E-state index in [2.05, 4.69) is 10.3 Å². The second-order valence-electron chi connectivity index (χ2n) is 7.38. The molecule has 1 fully saturated rings. The van der Waals surface area contributed by atoms with Gasteiger partial charge in [0.2, 0.25) is 5.91 Å². The number of aliphatic imine (C=N–C) groups is 1. The van der Waals surface area contributed by atoms with E-state index in [1.807, 2.05) is 19.1 Å². The minimum Gasteiger partial charge on any atom is -0.326 e. The van der Waals surface area contributed by atoms with Crippen molar-refractivity contribution in [3.8, 4) is 0 Å². The molecule has 0 aromatic heterocycles. The summed E-state index contributed by atoms with van der Waals surface area (Å²) in [4.78, 5) is 30.2. The number of thioether (sulfide) groups is 1. The molecule has 33 heavy (non-hydrogen) atoms. The van der Waals surface area contributed by atoms with E-state index in [1.54, 1.807) is 60.7 Å². The van der Waals surface area contributed by atoms with Gasteiger partial charge in [-0.2, -0.15) is 4.31 Å². The van der Waals surface area contributed by atoms with Crippen LogP contribution in [0.15, 0.2) is 94.8 Å². The van der Waals surface area contributed by atoms with E-state index in [4.69, 9.17) is 0 Å². The smallest absolute Gasteiger partial charge is 0.272 e. The van der Waals surface area contributed by atoms with Crippen molar-refractivity contribution in [3.63, 3.8) is 0 Å². The normalized spacial score (nSPS) is 17.4. The number of sulfonamides is 1. The third-order valence-electron chi connectivity index (χ3n) is 4.87. The number of anilines is 1. The van der Waals surface area contributed by atoms with Crippen molar-refractivity contribution in [1.82, 2.24) is 4.31 Å². The molecular formula is C24H21N3O4S2. The van der Waals surface area contributed by atoms with Crippen molar-refractivity contribution in [2.24, 2.45) is 4.99 Å². The van der Waals surface area contributed by atoms with E-state index in [-0.39, 0.29) is 22.4 Å². The number of nitrogens with zero attached hydrogens (tertiary/aromatic N) is 2. The first-order valence-corrected chi connectivity index (χ1v) is 12.5. The summed E-state index contributed by atoms with van der Waals surface area (Å²) < 4.78 is 27.5. The number of carbonyl (C=O) groups is 2. The highest BCUT2D eigenvalue weighted by Crippen LogP contribution is 2.35. The van der Waals surface area contributed by atoms with Crippen LogP contribution in [0.25, 0.3) is 0 Å². The van der Waals surface area contributed by atoms with Gasteiger partial charge in [-0.05, 0) is 43.3 Å². The number of carbonyl (C=O) groups excluding carboxylic acids is 2. The molecule has 7 nitrogen and oxygen atoms in total. The summed E-state index contributed by atoms with van der Waals surface area (Å²) in [5.41, 5.74) is 2.00. The second-order valence-corrected chi connectivity index (χ2v) is 10.3. The van der Waals surface area contributed by atoms with Crippen LogP contribution in [-0.4, -0.2) is 35.0 Å². The van der Waals surface area contributed by atoms with Gasteiger partial charge in [0.1, 0.15) is 5.25 Å². The van der Waals surface area contributed by atoms with Gasteiger partial charge >= 0.3 is 0 Å². The number of para-hydroxylation sites is 2. The number of rotatable bonds is 6. The minimum absolute atomic E-state index is 0.0165. The number of aryl methyl sites for hydroxylation is 1. The largest absolute Gasteiger partial charge is 0.326 e. The number of amidine groups is 1. The molecule has 3 aromatic carbocycles. The molecule has 1 aliphatic heterocycles. The van der Waals surface area contributed by atoms with Crippen molar-refractivity contribution in [1.29, 1.82) is 0 Å². The lowest BCUT2D eigenvalue weighted by Gasteiger charge is -2.17. The molecule has 0 saturated carbocycles. The Kier molecular flexibility index (Phi) is 6.62. The van der Waals surface area contributed by atoms with Gasteiger partial charge in [-0.3, -0.25) is 9.59 Å². The van der Waals surface area contributed by atoms with Crippen LogP contribution in [-0.2, 0) is 19.6 Å². The predicted octanol–water partition coefficient (Wildman–Crippen LogP) is 4.34. The summed E-state index contributed by atoms with van der Waals surface area (Å²) in [6.45, 7) is 1.84. The van der Waals surface area contributed by atoms with Gasteiger partial charge in [-0.25, -0.2) is 13.4 Å². The zero-order valence-electron chi connectivity index (χ0n) is 17.7. The average Bonchev–Trinajstić information content (AvgIpc) is 3.10. The molecular weight excluding hydrogens is 458 g/mol. The lowest BCUT2D eigenvalue weighted by molar-refractivity contribution is -0.125. The standard InChI is InChI=1S/C24H21N3O4S2/c1-17-12-14-20(15-13-17)33(30,31)27-23(29)21(16-22(28)25-18-8-4-2-5-9-18)32-24(27)26-19-10-6-3-7-11-19/h2-15,21H,16H2,1H3,(H,25,28). The number of nitrogens with one attached hydrogen (secondary N) is 1. The van der Waals surface area contributed by atoms with Crippen molar-refractivity contribution >= 4 is 50.1 Å². The Morgan fingerprint density at radius 2 is 1.58 bits per heavy atom. The van der Waals surface area contributed by atoms with Crippen LogP contribution < -0.4 is 5.32 Å². The molecule has 9 heteroatoms. The molecule has 0 aliphatic carbocycles. The SMILES string of the molecule is Cc1ccc(S(=O)(=O)N2C(=O)C(CC(=O)Nc3ccccc3)SC2=Nc2ccccc2)cc1. The van der Waals surface area contributed by atoms with Crippen LogP contribution in [0.1, 0.15) is 12.0 Å². The van der Waals surface area contributed by atoms with Gasteiger partial charge in [-0.1, -0.05) is 65.9 Å². The first-order chi connectivity index (χ1) is 15.8. The van der Waals surface area contributed by atoms with Crippen LogP contribution in [0.3, 0.4) is 0 Å². The maximum Gasteiger partial charge on any atom is 0.272 e. The van der Waals surface area contributed by atoms with Gasteiger partial charge < -0.3 is 5.32 Å². The van der Waals surface area contributed by atoms with E-state index in [1.165, 1.54) is 12.1 Å². The fraction of sp³-hybridized carbons (Fsp3) is 0.125. The highest BCUT2D eigenvalue weighted by Gasteiger charge is 2.46. The summed E-state index contributed by atoms with van der Waals surface area (Å²) >= 11 is 0.972. The molecule has 1 N–H and O–H groups in total. The molecule has 1 atom stereocenters. The summed E-state index contributed by atoms with van der Waals surface area (Å²) in [5, 5.41) is 1.83. The van der Waals surface area contributed by atoms with Gasteiger partial charge in [-0.15, -0.1) is 0 Å². The first-order valence-electron chi connectivity index (χ1n) is 10.2. The Morgan fingerprint density at radius 1 is 0.970 bits per heavy atom. The van der Waals surface area contributed by atoms with E-state index in [0.717, 1.165) is 21.6 Å². The molecule has 1 heterocycles. The molecule has 168 valence electrons. The third-order valence-corrected chi connectivity index (χ3v) is 7.82. The van der Waals surface area contributed by atoms with Gasteiger partial charge in [0, 0.05) is 12.1 Å². The predicted molar refractivity (Wildman–Crippen MR) is 130 cm³/mol. The number of hydrogen-bond acceptors (Lipinski definition) is 6. The van der Waals surface area contributed by atoms with E-state index in [0.29, 0.717) is 11.4 Å². The molecule has 3 aromatic rings. The average molecular weight is 480 g/mol. The fourth-order valence-corrected chi connectivity index (χ4v) is 6.03. The number of benzene rings is 3. The van der Waals surface area contributed by atoms with Crippen LogP contribution in [0.2, 0.25) is 0 Å². The highest BCUT2D eigenvalue weighted by molar-refractivity contribution is 8.17. The first kappa shape index (κ1) is 22.8. The summed E-state index contributed by atoms with van der Waals surface area (Å²) in [7, 11) is -4.20. The Hall–Kier alpha value is -3.43. The van der Waals surface area contributed by atoms with Gasteiger partial charge in [0.25, 0.3) is 15.9 Å². The minimum atomic E-state index is -4.20. The van der Waals surface area contributed by atoms with Gasteiger partial charge in [0.15, 0.2) is 5.17 Å². The van der Waals surface area contributed by atoms with Crippen LogP contribution in [0.5, 0.6) is 0 Å². The van der Waals surface area contributed by atoms with Crippen molar-refractivity contribution in [2.75, 3.05) is 5.32 Å². The zero-order chi connectivity index (χ0) is 23.4. The van der Waals surface area contributed by atoms with Crippen molar-refractivity contribution in [2.45, 2.75) is 23.5 Å². The second kappa shape index (κ2) is 9.60. The molecule has 4 rings (SSSR count). The quantitative estimate of drug-likeness (QED) is 0.567. The molecule has 1 aliphatic rings. The van der Waals surface area contributed by atoms with Crippen molar-refractivity contribution in [3.05, 3.63) is 90.5 Å². The van der Waals surface area contributed by atoms with E-state index < -0.39 is 21.2 Å².